The summed E-state index contributed by atoms with van der Waals surface area (Å²) >= 11 is 0. The van der Waals surface area contributed by atoms with Crippen LogP contribution in [0.2, 0.25) is 0 Å². The van der Waals surface area contributed by atoms with Crippen LogP contribution in [-0.4, -0.2) is 36.6 Å². The lowest BCUT2D eigenvalue weighted by atomic mass is 9.92. The average Bonchev–Trinajstić information content (AvgIpc) is 2.94. The van der Waals surface area contributed by atoms with Crippen molar-refractivity contribution in [2.24, 2.45) is 0 Å². The maximum atomic E-state index is 11.7. The number of ether oxygens (including phenoxy) is 1. The molecular formula is C21H23NO3. The molecule has 130 valence electrons. The molecule has 1 aliphatic heterocycles. The molecule has 0 aromatic heterocycles. The van der Waals surface area contributed by atoms with E-state index >= 15 is 0 Å². The maximum Gasteiger partial charge on any atom is 0.307 e. The van der Waals surface area contributed by atoms with E-state index in [9.17, 15) is 9.90 Å². The predicted molar refractivity (Wildman–Crippen MR) is 98.8 cm³/mol. The summed E-state index contributed by atoms with van der Waals surface area (Å²) in [6.07, 6.45) is -6.24. The van der Waals surface area contributed by atoms with Crippen LogP contribution in [0.1, 0.15) is 42.3 Å². The molecule has 2 aromatic rings. The van der Waals surface area contributed by atoms with E-state index in [2.05, 4.69) is 0 Å². The monoisotopic (exact) mass is 347 g/mol. The molecule has 0 saturated carbocycles. The van der Waals surface area contributed by atoms with Gasteiger partial charge >= 0.3 is 5.97 Å². The van der Waals surface area contributed by atoms with Gasteiger partial charge in [-0.3, -0.25) is 4.79 Å². The van der Waals surface area contributed by atoms with E-state index in [0.29, 0.717) is 5.56 Å². The first-order chi connectivity index (χ1) is 16.0. The van der Waals surface area contributed by atoms with E-state index in [0.717, 1.165) is 4.90 Å². The Balaban J connectivity index is 2.58. The third-order valence-corrected chi connectivity index (χ3v) is 3.39. The summed E-state index contributed by atoms with van der Waals surface area (Å²) in [4.78, 5) is 12.6. The molecule has 0 amide bonds. The molecule has 1 aliphatic rings. The van der Waals surface area contributed by atoms with Crippen LogP contribution < -0.4 is 4.74 Å². The van der Waals surface area contributed by atoms with Gasteiger partial charge in [-0.2, -0.15) is 0 Å². The number of nitrogens with zero attached hydrogens (tertiary/aromatic N) is 1. The van der Waals surface area contributed by atoms with Crippen molar-refractivity contribution in [2.75, 3.05) is 20.6 Å². The highest BCUT2D eigenvalue weighted by Gasteiger charge is 2.19. The van der Waals surface area contributed by atoms with E-state index in [1.54, 1.807) is 18.2 Å². The molecule has 0 spiro atoms. The lowest BCUT2D eigenvalue weighted by Crippen LogP contribution is -2.12. The third kappa shape index (κ3) is 4.09. The first-order valence-electron chi connectivity index (χ1n) is 12.5. The van der Waals surface area contributed by atoms with Crippen LogP contribution in [0.5, 0.6) is 5.75 Å². The van der Waals surface area contributed by atoms with Crippen molar-refractivity contribution >= 4 is 11.5 Å². The van der Waals surface area contributed by atoms with Gasteiger partial charge in [0, 0.05) is 20.3 Å². The van der Waals surface area contributed by atoms with Gasteiger partial charge in [-0.15, -0.1) is 0 Å². The number of aliphatic carboxylic acids is 1. The average molecular weight is 347 g/mol. The Morgan fingerprint density at radius 2 is 2.20 bits per heavy atom. The summed E-state index contributed by atoms with van der Waals surface area (Å²) in [7, 11) is 2.58. The molecule has 1 heterocycles. The standard InChI is InChI=1S/C21H23NO3/c1-22(2)11-5-8-18-17-7-4-3-6-16(17)14-25-20-10-9-15(12-19(18)20)13-21(23)24/h3-4,6-10,12H,5,11,13-14H2,1-2H3,(H,23,24)/b18-8-/i5D2,8D,9D,10D,11D2,12D,13D2. The van der Waals surface area contributed by atoms with Gasteiger partial charge in [0.1, 0.15) is 12.4 Å². The van der Waals surface area contributed by atoms with Crippen LogP contribution in [0.15, 0.2) is 48.4 Å². The highest BCUT2D eigenvalue weighted by molar-refractivity contribution is 5.85. The van der Waals surface area contributed by atoms with Crippen molar-refractivity contribution < 1.29 is 28.3 Å². The number of rotatable bonds is 5. The van der Waals surface area contributed by atoms with Crippen molar-refractivity contribution in [2.45, 2.75) is 19.4 Å². The Morgan fingerprint density at radius 3 is 2.96 bits per heavy atom. The molecule has 2 aromatic carbocycles. The zero-order valence-electron chi connectivity index (χ0n) is 23.7. The fourth-order valence-corrected chi connectivity index (χ4v) is 2.36. The number of carboxylic acid groups (broad SMARTS) is 1. The second kappa shape index (κ2) is 7.53. The minimum atomic E-state index is -3.25. The van der Waals surface area contributed by atoms with Gasteiger partial charge in [-0.1, -0.05) is 36.4 Å². The van der Waals surface area contributed by atoms with Crippen molar-refractivity contribution in [3.63, 3.8) is 0 Å². The Morgan fingerprint density at radius 1 is 1.40 bits per heavy atom. The van der Waals surface area contributed by atoms with Crippen molar-refractivity contribution in [3.8, 4) is 5.75 Å². The SMILES string of the molecule is [2H]/C(=C1\c2ccccc2COc2c([2H])c([2H])c(C([2H])([2H])C(=O)O)c([2H])c21)C([2H])([2H])C([2H])([2H])N(C)C. The van der Waals surface area contributed by atoms with Gasteiger partial charge in [0.15, 0.2) is 0 Å². The Bertz CT molecular complexity index is 1240. The van der Waals surface area contributed by atoms with Crippen molar-refractivity contribution in [1.29, 1.82) is 0 Å². The summed E-state index contributed by atoms with van der Waals surface area (Å²) in [5, 5.41) is 9.43. The predicted octanol–water partition coefficient (Wildman–Crippen LogP) is 3.59. The quantitative estimate of drug-likeness (QED) is 0.898. The van der Waals surface area contributed by atoms with E-state index in [4.69, 9.17) is 18.4 Å². The number of hydrogen-bond donors (Lipinski definition) is 1. The minimum Gasteiger partial charge on any atom is -0.488 e. The van der Waals surface area contributed by atoms with Crippen LogP contribution in [0.25, 0.3) is 5.57 Å². The molecule has 4 nitrogen and oxygen atoms in total. The lowest BCUT2D eigenvalue weighted by molar-refractivity contribution is -0.136. The van der Waals surface area contributed by atoms with Crippen LogP contribution in [0, 0.1) is 0 Å². The second-order valence-electron chi connectivity index (χ2n) is 5.46. The molecule has 0 radical (unpaired) electrons. The molecule has 0 bridgehead atoms. The van der Waals surface area contributed by atoms with E-state index in [1.165, 1.54) is 20.2 Å². The van der Waals surface area contributed by atoms with Gasteiger partial charge in [-0.05, 0) is 54.8 Å². The summed E-state index contributed by atoms with van der Waals surface area (Å²) < 4.78 is 89.3. The number of hydrogen-bond acceptors (Lipinski definition) is 3. The fraction of sp³-hybridized carbons (Fsp3) is 0.286. The summed E-state index contributed by atoms with van der Waals surface area (Å²) in [5.74, 6) is -2.41. The highest BCUT2D eigenvalue weighted by atomic mass is 16.5. The van der Waals surface area contributed by atoms with Crippen molar-refractivity contribution in [3.05, 3.63) is 70.7 Å². The maximum absolute atomic E-state index is 11.7. The fourth-order valence-electron chi connectivity index (χ4n) is 2.36. The van der Waals surface area contributed by atoms with E-state index in [1.807, 2.05) is 0 Å². The second-order valence-corrected chi connectivity index (χ2v) is 5.46. The molecule has 0 atom stereocenters. The first-order valence-corrected chi connectivity index (χ1v) is 7.47. The molecule has 1 N–H and O–H groups in total. The highest BCUT2D eigenvalue weighted by Crippen LogP contribution is 2.37. The zero-order chi connectivity index (χ0) is 26.7. The van der Waals surface area contributed by atoms with Crippen LogP contribution in [0.4, 0.5) is 0 Å². The Kier molecular flexibility index (Phi) is 2.61. The molecule has 0 aliphatic carbocycles. The largest absolute Gasteiger partial charge is 0.488 e. The number of carboxylic acids is 1. The molecule has 3 rings (SSSR count). The normalized spacial score (nSPS) is 22.5. The molecule has 0 fully saturated rings. The molecule has 25 heavy (non-hydrogen) atoms. The van der Waals surface area contributed by atoms with Gasteiger partial charge in [-0.25, -0.2) is 0 Å². The smallest absolute Gasteiger partial charge is 0.307 e. The molecule has 0 saturated heterocycles. The third-order valence-electron chi connectivity index (χ3n) is 3.39. The number of fused-ring (bicyclic) bond motifs is 2. The van der Waals surface area contributed by atoms with E-state index < -0.39 is 66.3 Å². The van der Waals surface area contributed by atoms with Crippen LogP contribution in [-0.2, 0) is 17.8 Å². The topological polar surface area (TPSA) is 49.8 Å². The van der Waals surface area contributed by atoms with Crippen molar-refractivity contribution in [1.82, 2.24) is 4.90 Å². The van der Waals surface area contributed by atoms with E-state index in [-0.39, 0.29) is 17.7 Å². The molecule has 4 heteroatoms. The van der Waals surface area contributed by atoms with Crippen LogP contribution >= 0.6 is 0 Å². The van der Waals surface area contributed by atoms with Gasteiger partial charge in [0.2, 0.25) is 0 Å². The van der Waals surface area contributed by atoms with Gasteiger partial charge < -0.3 is 14.7 Å². The first kappa shape index (κ1) is 8.68. The summed E-state index contributed by atoms with van der Waals surface area (Å²) in [6.45, 7) is -2.90. The Labute approximate surface area is 162 Å². The van der Waals surface area contributed by atoms with Gasteiger partial charge in [0.25, 0.3) is 0 Å². The number of carbonyl (C=O) groups is 1. The number of benzene rings is 2. The summed E-state index contributed by atoms with van der Waals surface area (Å²) in [5.41, 5.74) is -1.14. The minimum absolute atomic E-state index is 0.183. The summed E-state index contributed by atoms with van der Waals surface area (Å²) in [6, 6.07) is 2.90. The van der Waals surface area contributed by atoms with Crippen LogP contribution in [0.3, 0.4) is 0 Å². The Hall–Kier alpha value is -2.59. The molecular weight excluding hydrogens is 314 g/mol. The zero-order valence-corrected chi connectivity index (χ0v) is 13.7. The van der Waals surface area contributed by atoms with Gasteiger partial charge in [0.05, 0.1) is 11.9 Å². The lowest BCUT2D eigenvalue weighted by Gasteiger charge is -2.13. The molecule has 0 unspecified atom stereocenters.